The first-order valence-electron chi connectivity index (χ1n) is 7.30. The first-order valence-corrected chi connectivity index (χ1v) is 7.30. The van der Waals surface area contributed by atoms with E-state index in [-0.39, 0.29) is 0 Å². The van der Waals surface area contributed by atoms with Gasteiger partial charge in [-0.25, -0.2) is 4.98 Å². The fraction of sp³-hybridized carbons (Fsp3) is 0.438. The van der Waals surface area contributed by atoms with Gasteiger partial charge in [-0.1, -0.05) is 0 Å². The lowest BCUT2D eigenvalue weighted by molar-refractivity contribution is 0.355. The topological polar surface area (TPSA) is 59.2 Å². The second kappa shape index (κ2) is 6.18. The van der Waals surface area contributed by atoms with Crippen LogP contribution in [0.15, 0.2) is 24.4 Å². The number of imidazole rings is 1. The van der Waals surface area contributed by atoms with Gasteiger partial charge in [0.2, 0.25) is 0 Å². The summed E-state index contributed by atoms with van der Waals surface area (Å²) >= 11 is 0. The number of hydrogen-bond acceptors (Lipinski definition) is 4. The van der Waals surface area contributed by atoms with Gasteiger partial charge in [-0.3, -0.25) is 0 Å². The first kappa shape index (κ1) is 13.9. The van der Waals surface area contributed by atoms with Crippen molar-refractivity contribution in [1.29, 1.82) is 0 Å². The summed E-state index contributed by atoms with van der Waals surface area (Å²) in [5, 5.41) is 3.38. The molecular formula is C16H21N3O2. The molecule has 1 saturated heterocycles. The number of methoxy groups -OCH3 is 2. The normalized spacial score (nSPS) is 15.9. The largest absolute Gasteiger partial charge is 0.493 e. The second-order valence-electron chi connectivity index (χ2n) is 5.28. The zero-order valence-corrected chi connectivity index (χ0v) is 12.5. The van der Waals surface area contributed by atoms with E-state index < -0.39 is 0 Å². The van der Waals surface area contributed by atoms with Crippen LogP contribution in [0.25, 0.3) is 11.3 Å². The maximum Gasteiger partial charge on any atom is 0.161 e. The number of benzene rings is 1. The molecule has 0 radical (unpaired) electrons. The van der Waals surface area contributed by atoms with Crippen LogP contribution in [0, 0.1) is 0 Å². The molecule has 21 heavy (non-hydrogen) atoms. The predicted molar refractivity (Wildman–Crippen MR) is 82.0 cm³/mol. The van der Waals surface area contributed by atoms with E-state index in [0.29, 0.717) is 5.92 Å². The van der Waals surface area contributed by atoms with E-state index in [9.17, 15) is 0 Å². The lowest BCUT2D eigenvalue weighted by atomic mass is 9.98. The molecule has 0 amide bonds. The Bertz CT molecular complexity index is 603. The Labute approximate surface area is 124 Å². The molecule has 0 spiro atoms. The molecule has 1 aliphatic rings. The summed E-state index contributed by atoms with van der Waals surface area (Å²) in [6, 6.07) is 5.90. The molecule has 112 valence electrons. The summed E-state index contributed by atoms with van der Waals surface area (Å²) in [5.41, 5.74) is 2.07. The molecule has 0 bridgehead atoms. The van der Waals surface area contributed by atoms with Crippen LogP contribution in [0.4, 0.5) is 0 Å². The van der Waals surface area contributed by atoms with E-state index in [0.717, 1.165) is 54.5 Å². The summed E-state index contributed by atoms with van der Waals surface area (Å²) in [6.45, 7) is 2.13. The van der Waals surface area contributed by atoms with Crippen LogP contribution in [0.5, 0.6) is 11.5 Å². The lowest BCUT2D eigenvalue weighted by Crippen LogP contribution is -2.27. The average Bonchev–Trinajstić information content (AvgIpc) is 3.05. The van der Waals surface area contributed by atoms with Crippen molar-refractivity contribution < 1.29 is 9.47 Å². The quantitative estimate of drug-likeness (QED) is 0.907. The van der Waals surface area contributed by atoms with Crippen LogP contribution in [0.1, 0.15) is 24.6 Å². The zero-order chi connectivity index (χ0) is 14.7. The number of aromatic nitrogens is 2. The van der Waals surface area contributed by atoms with Gasteiger partial charge in [0.05, 0.1) is 26.1 Å². The highest BCUT2D eigenvalue weighted by atomic mass is 16.5. The number of H-pyrrole nitrogens is 1. The van der Waals surface area contributed by atoms with Gasteiger partial charge in [-0.05, 0) is 44.1 Å². The SMILES string of the molecule is COc1ccc(-c2cnc(C3CCNCC3)[nH]2)cc1OC. The van der Waals surface area contributed by atoms with Gasteiger partial charge in [0.15, 0.2) is 11.5 Å². The molecule has 5 nitrogen and oxygen atoms in total. The fourth-order valence-corrected chi connectivity index (χ4v) is 2.79. The zero-order valence-electron chi connectivity index (χ0n) is 12.5. The molecule has 0 saturated carbocycles. The molecular weight excluding hydrogens is 266 g/mol. The van der Waals surface area contributed by atoms with Crippen LogP contribution < -0.4 is 14.8 Å². The van der Waals surface area contributed by atoms with Crippen molar-refractivity contribution in [2.24, 2.45) is 0 Å². The Kier molecular flexibility index (Phi) is 4.10. The Balaban J connectivity index is 1.85. The number of ether oxygens (including phenoxy) is 2. The highest BCUT2D eigenvalue weighted by molar-refractivity contribution is 5.63. The summed E-state index contributed by atoms with van der Waals surface area (Å²) in [7, 11) is 3.29. The molecule has 2 aromatic rings. The van der Waals surface area contributed by atoms with E-state index in [1.807, 2.05) is 24.4 Å². The third kappa shape index (κ3) is 2.88. The standard InChI is InChI=1S/C16H21N3O2/c1-20-14-4-3-12(9-15(14)21-2)13-10-18-16(19-13)11-5-7-17-8-6-11/h3-4,9-11,17H,5-8H2,1-2H3,(H,18,19). The third-order valence-electron chi connectivity index (χ3n) is 4.02. The molecule has 5 heteroatoms. The number of rotatable bonds is 4. The van der Waals surface area contributed by atoms with Gasteiger partial charge in [0, 0.05) is 11.5 Å². The van der Waals surface area contributed by atoms with Crippen LogP contribution >= 0.6 is 0 Å². The van der Waals surface area contributed by atoms with E-state index in [2.05, 4.69) is 15.3 Å². The number of nitrogens with one attached hydrogen (secondary N) is 2. The van der Waals surface area contributed by atoms with Crippen molar-refractivity contribution in [3.05, 3.63) is 30.2 Å². The van der Waals surface area contributed by atoms with Gasteiger partial charge < -0.3 is 19.8 Å². The second-order valence-corrected chi connectivity index (χ2v) is 5.28. The van der Waals surface area contributed by atoms with Crippen molar-refractivity contribution in [3.8, 4) is 22.8 Å². The van der Waals surface area contributed by atoms with Crippen LogP contribution in [0.3, 0.4) is 0 Å². The summed E-state index contributed by atoms with van der Waals surface area (Å²) in [4.78, 5) is 8.01. The molecule has 0 aliphatic carbocycles. The highest BCUT2D eigenvalue weighted by Gasteiger charge is 2.18. The van der Waals surface area contributed by atoms with E-state index in [1.54, 1.807) is 14.2 Å². The van der Waals surface area contributed by atoms with Gasteiger partial charge in [-0.2, -0.15) is 0 Å². The smallest absolute Gasteiger partial charge is 0.161 e. The van der Waals surface area contributed by atoms with Crippen LogP contribution in [-0.4, -0.2) is 37.3 Å². The van der Waals surface area contributed by atoms with Crippen molar-refractivity contribution in [2.45, 2.75) is 18.8 Å². The Morgan fingerprint density at radius 1 is 1.10 bits per heavy atom. The third-order valence-corrected chi connectivity index (χ3v) is 4.02. The maximum atomic E-state index is 5.35. The Morgan fingerprint density at radius 3 is 2.57 bits per heavy atom. The Morgan fingerprint density at radius 2 is 1.86 bits per heavy atom. The summed E-state index contributed by atoms with van der Waals surface area (Å²) in [6.07, 6.45) is 4.18. The van der Waals surface area contributed by atoms with E-state index in [1.165, 1.54) is 0 Å². The molecule has 0 atom stereocenters. The minimum absolute atomic E-state index is 0.528. The van der Waals surface area contributed by atoms with Crippen molar-refractivity contribution in [1.82, 2.24) is 15.3 Å². The maximum absolute atomic E-state index is 5.35. The average molecular weight is 287 g/mol. The van der Waals surface area contributed by atoms with Crippen molar-refractivity contribution >= 4 is 0 Å². The fourth-order valence-electron chi connectivity index (χ4n) is 2.79. The molecule has 1 fully saturated rings. The highest BCUT2D eigenvalue weighted by Crippen LogP contribution is 2.32. The van der Waals surface area contributed by atoms with Crippen LogP contribution in [0.2, 0.25) is 0 Å². The minimum Gasteiger partial charge on any atom is -0.493 e. The molecule has 2 N–H and O–H groups in total. The molecule has 3 rings (SSSR count). The van der Waals surface area contributed by atoms with Crippen molar-refractivity contribution in [2.75, 3.05) is 27.3 Å². The van der Waals surface area contributed by atoms with Crippen molar-refractivity contribution in [3.63, 3.8) is 0 Å². The van der Waals surface area contributed by atoms with Gasteiger partial charge in [0.25, 0.3) is 0 Å². The minimum atomic E-state index is 0.528. The monoisotopic (exact) mass is 287 g/mol. The number of hydrogen-bond donors (Lipinski definition) is 2. The Hall–Kier alpha value is -2.01. The van der Waals surface area contributed by atoms with Gasteiger partial charge in [0.1, 0.15) is 5.82 Å². The number of aromatic amines is 1. The van der Waals surface area contributed by atoms with Gasteiger partial charge in [-0.15, -0.1) is 0 Å². The summed E-state index contributed by atoms with van der Waals surface area (Å²) < 4.78 is 10.6. The molecule has 1 aromatic carbocycles. The number of piperidine rings is 1. The van der Waals surface area contributed by atoms with E-state index in [4.69, 9.17) is 9.47 Å². The van der Waals surface area contributed by atoms with Crippen LogP contribution in [-0.2, 0) is 0 Å². The van der Waals surface area contributed by atoms with Gasteiger partial charge >= 0.3 is 0 Å². The number of nitrogens with zero attached hydrogens (tertiary/aromatic N) is 1. The molecule has 0 unspecified atom stereocenters. The van der Waals surface area contributed by atoms with E-state index >= 15 is 0 Å². The summed E-state index contributed by atoms with van der Waals surface area (Å²) in [5.74, 6) is 3.08. The molecule has 1 aromatic heterocycles. The molecule has 2 heterocycles. The first-order chi connectivity index (χ1) is 10.3. The molecule has 1 aliphatic heterocycles. The lowest BCUT2D eigenvalue weighted by Gasteiger charge is -2.20. The predicted octanol–water partition coefficient (Wildman–Crippen LogP) is 2.56.